The Labute approximate surface area is 237 Å². The summed E-state index contributed by atoms with van der Waals surface area (Å²) < 4.78 is 11.0. The molecule has 11 nitrogen and oxygen atoms in total. The Bertz CT molecular complexity index is 1240. The number of fused-ring (bicyclic) bond motifs is 1. The summed E-state index contributed by atoms with van der Waals surface area (Å²) in [5.41, 5.74) is 9.07. The zero-order chi connectivity index (χ0) is 27.9. The summed E-state index contributed by atoms with van der Waals surface area (Å²) >= 11 is -1.94. The second-order valence-corrected chi connectivity index (χ2v) is 13.7. The maximum atomic E-state index is 10.4. The predicted octanol–water partition coefficient (Wildman–Crippen LogP) is 3.24. The summed E-state index contributed by atoms with van der Waals surface area (Å²) in [6, 6.07) is 4.45. The van der Waals surface area contributed by atoms with Gasteiger partial charge < -0.3 is 4.90 Å². The van der Waals surface area contributed by atoms with E-state index in [0.29, 0.717) is 23.4 Å². The van der Waals surface area contributed by atoms with Crippen molar-refractivity contribution in [1.29, 1.82) is 0 Å². The number of hydrogen-bond acceptors (Lipinski definition) is 11. The van der Waals surface area contributed by atoms with Crippen LogP contribution in [0.15, 0.2) is 71.7 Å². The second kappa shape index (κ2) is 13.1. The monoisotopic (exact) mass is 647 g/mol. The average Bonchev–Trinajstić information content (AvgIpc) is 3.06. The molecule has 0 aromatic heterocycles. The van der Waals surface area contributed by atoms with Crippen LogP contribution in [0.3, 0.4) is 0 Å². The van der Waals surface area contributed by atoms with Crippen molar-refractivity contribution in [2.45, 2.75) is 25.1 Å². The van der Waals surface area contributed by atoms with Crippen LogP contribution >= 0.6 is 19.8 Å². The first-order valence-corrected chi connectivity index (χ1v) is 16.2. The van der Waals surface area contributed by atoms with Crippen LogP contribution < -0.4 is 31.3 Å². The molecule has 6 N–H and O–H groups in total. The minimum atomic E-state index is -1.94. The summed E-state index contributed by atoms with van der Waals surface area (Å²) in [7, 11) is 7.60. The van der Waals surface area contributed by atoms with Gasteiger partial charge in [-0.3, -0.25) is 0 Å². The molecular formula is C27H38IN9O2. The Hall–Kier alpha value is -3.36. The topological polar surface area (TPSA) is 135 Å². The second-order valence-electron chi connectivity index (χ2n) is 9.32. The molecule has 0 amide bonds. The number of rotatable bonds is 9. The van der Waals surface area contributed by atoms with Crippen molar-refractivity contribution in [2.24, 2.45) is 20.7 Å². The first kappa shape index (κ1) is 28.6. The Morgan fingerprint density at radius 1 is 1.33 bits per heavy atom. The molecule has 1 unspecified atom stereocenters. The third kappa shape index (κ3) is 6.81. The number of ether oxygens (including phenoxy) is 1. The van der Waals surface area contributed by atoms with Gasteiger partial charge in [-0.05, 0) is 14.1 Å². The number of nitrogens with one attached hydrogen (secondary N) is 3. The fourth-order valence-corrected chi connectivity index (χ4v) is 8.45. The van der Waals surface area contributed by atoms with Gasteiger partial charge in [-0.2, -0.15) is 0 Å². The van der Waals surface area contributed by atoms with Crippen molar-refractivity contribution >= 4 is 52.8 Å². The van der Waals surface area contributed by atoms with E-state index in [1.165, 1.54) is 12.3 Å². The van der Waals surface area contributed by atoms with Crippen LogP contribution in [0.4, 0.5) is 17.1 Å². The van der Waals surface area contributed by atoms with Crippen LogP contribution in [0.25, 0.3) is 0 Å². The van der Waals surface area contributed by atoms with Crippen LogP contribution in [0.1, 0.15) is 12.8 Å². The molecule has 0 spiro atoms. The molecule has 0 saturated carbocycles. The van der Waals surface area contributed by atoms with E-state index in [9.17, 15) is 5.11 Å². The predicted molar refractivity (Wildman–Crippen MR) is 171 cm³/mol. The molecule has 1 atom stereocenters. The van der Waals surface area contributed by atoms with Crippen molar-refractivity contribution in [2.75, 3.05) is 56.9 Å². The van der Waals surface area contributed by atoms with E-state index < -0.39 is 26.0 Å². The van der Waals surface area contributed by atoms with Gasteiger partial charge in [0.2, 0.25) is 0 Å². The molecule has 3 aliphatic rings. The third-order valence-electron chi connectivity index (χ3n) is 6.60. The summed E-state index contributed by atoms with van der Waals surface area (Å²) in [6.45, 7) is 5.50. The van der Waals surface area contributed by atoms with Gasteiger partial charge in [-0.1, -0.05) is 0 Å². The van der Waals surface area contributed by atoms with Gasteiger partial charge in [0.15, 0.2) is 0 Å². The molecule has 1 aromatic rings. The van der Waals surface area contributed by atoms with Crippen molar-refractivity contribution < 1.29 is 9.84 Å². The number of piperidine rings is 1. The van der Waals surface area contributed by atoms with E-state index >= 15 is 0 Å². The van der Waals surface area contributed by atoms with E-state index in [2.05, 4.69) is 59.6 Å². The van der Waals surface area contributed by atoms with Gasteiger partial charge in [-0.25, -0.2) is 0 Å². The first-order chi connectivity index (χ1) is 18.9. The Kier molecular flexibility index (Phi) is 9.64. The van der Waals surface area contributed by atoms with E-state index in [4.69, 9.17) is 20.5 Å². The molecule has 1 saturated heterocycles. The average molecular weight is 648 g/mol. The van der Waals surface area contributed by atoms with Gasteiger partial charge in [0.25, 0.3) is 0 Å². The Balaban J connectivity index is 1.71. The minimum absolute atomic E-state index is 0.393. The molecule has 39 heavy (non-hydrogen) atoms. The Morgan fingerprint density at radius 2 is 2.10 bits per heavy atom. The Morgan fingerprint density at radius 3 is 2.74 bits per heavy atom. The maximum absolute atomic E-state index is 10.4. The van der Waals surface area contributed by atoms with E-state index in [1.54, 1.807) is 20.4 Å². The zero-order valence-corrected chi connectivity index (χ0v) is 25.0. The van der Waals surface area contributed by atoms with Crippen molar-refractivity contribution in [3.05, 3.63) is 56.7 Å². The van der Waals surface area contributed by atoms with Gasteiger partial charge in [0.05, 0.1) is 0 Å². The number of anilines is 3. The summed E-state index contributed by atoms with van der Waals surface area (Å²) in [4.78, 5) is 18.4. The normalized spacial score (nSPS) is 19.6. The molecule has 210 valence electrons. The van der Waals surface area contributed by atoms with E-state index in [1.807, 2.05) is 18.3 Å². The number of methoxy groups -OCH3 is 1. The zero-order valence-electron chi connectivity index (χ0n) is 22.9. The molecule has 1 fully saturated rings. The SMILES string of the molecule is C=CC(O)Nc1cc(NC2=NC3=CI(C=CN3)C(C(C=NC)=CN)=N2)c(OC)cc1N1CCC(N(C)C)CC1. The molecule has 4 rings (SSSR count). The standard InChI is InChI=1S/C27H38IN9O2/c1-6-25(38)32-20-13-21(23(39-5)14-22(20)37-11-7-19(8-12-37)36(3)4)33-27-34-24-15-28(9-10-31-24)26(35-27)18(16-29)17-30-2/h6,9-10,13-17,19,25,31-32,38H,1,7-8,11-12,29H2,2-5H3,(H,33,34). The van der Waals surface area contributed by atoms with E-state index in [0.717, 1.165) is 52.4 Å². The van der Waals surface area contributed by atoms with Crippen LogP contribution in [0.5, 0.6) is 5.75 Å². The number of benzene rings is 1. The van der Waals surface area contributed by atoms with Gasteiger partial charge in [0, 0.05) is 0 Å². The van der Waals surface area contributed by atoms with Crippen LogP contribution in [-0.4, -0.2) is 79.5 Å². The summed E-state index contributed by atoms with van der Waals surface area (Å²) in [6.07, 6.45) is 7.80. The fraction of sp³-hybridized carbons (Fsp3) is 0.370. The number of aliphatic hydroxyl groups is 1. The van der Waals surface area contributed by atoms with Crippen LogP contribution in [0.2, 0.25) is 0 Å². The summed E-state index contributed by atoms with van der Waals surface area (Å²) in [5.74, 6) is 1.76. The van der Waals surface area contributed by atoms with E-state index in [-0.39, 0.29) is 0 Å². The van der Waals surface area contributed by atoms with Crippen LogP contribution in [0, 0.1) is 0 Å². The molecule has 0 radical (unpaired) electrons. The molecule has 0 aliphatic carbocycles. The number of hydrogen-bond donors (Lipinski definition) is 5. The number of aliphatic imine (C=N–C) groups is 3. The number of nitrogens with zero attached hydrogens (tertiary/aromatic N) is 5. The fourth-order valence-electron chi connectivity index (χ4n) is 4.54. The quantitative estimate of drug-likeness (QED) is 0.119. The third-order valence-corrected chi connectivity index (χ3v) is 11.0. The van der Waals surface area contributed by atoms with Gasteiger partial charge in [-0.15, -0.1) is 0 Å². The summed E-state index contributed by atoms with van der Waals surface area (Å²) in [5, 5.41) is 20.1. The van der Waals surface area contributed by atoms with Crippen LogP contribution in [-0.2, 0) is 0 Å². The molecule has 3 heterocycles. The molecular weight excluding hydrogens is 609 g/mol. The van der Waals surface area contributed by atoms with Crippen molar-refractivity contribution in [1.82, 2.24) is 10.2 Å². The number of halogens is 1. The number of allylic oxidation sites excluding steroid dienone is 1. The number of guanidine groups is 1. The van der Waals surface area contributed by atoms with Crippen molar-refractivity contribution in [3.63, 3.8) is 0 Å². The number of nitrogens with two attached hydrogens (primary N) is 1. The van der Waals surface area contributed by atoms with Gasteiger partial charge in [0.1, 0.15) is 0 Å². The number of aliphatic hydroxyl groups excluding tert-OH is 1. The molecule has 1 aromatic carbocycles. The molecule has 3 aliphatic heterocycles. The molecule has 2 bridgehead atoms. The first-order valence-electron chi connectivity index (χ1n) is 12.7. The van der Waals surface area contributed by atoms with Gasteiger partial charge >= 0.3 is 219 Å². The van der Waals surface area contributed by atoms with Crippen molar-refractivity contribution in [3.8, 4) is 5.75 Å². The molecule has 12 heteroatoms.